The van der Waals surface area contributed by atoms with Crippen molar-refractivity contribution in [2.24, 2.45) is 0 Å². The highest BCUT2D eigenvalue weighted by Crippen LogP contribution is 2.35. The first kappa shape index (κ1) is 16.3. The molecule has 3 aromatic rings. The Balaban J connectivity index is 1.74. The number of aromatic amines is 1. The Morgan fingerprint density at radius 2 is 2.04 bits per heavy atom. The van der Waals surface area contributed by atoms with Crippen LogP contribution < -0.4 is 5.32 Å². The van der Waals surface area contributed by atoms with Crippen LogP contribution in [0.25, 0.3) is 10.9 Å². The molecule has 1 atom stereocenters. The molecule has 6 heteroatoms. The third-order valence-electron chi connectivity index (χ3n) is 4.81. The Kier molecular flexibility index (Phi) is 4.16. The zero-order chi connectivity index (χ0) is 18.1. The maximum atomic E-state index is 12.5. The lowest BCUT2D eigenvalue weighted by molar-refractivity contribution is -0.384. The number of H-pyrrole nitrogens is 1. The minimum atomic E-state index is -0.403. The van der Waals surface area contributed by atoms with Crippen LogP contribution in [-0.4, -0.2) is 21.9 Å². The molecule has 6 nitrogen and oxygen atoms in total. The van der Waals surface area contributed by atoms with Gasteiger partial charge in [0.15, 0.2) is 0 Å². The molecule has 0 aliphatic heterocycles. The van der Waals surface area contributed by atoms with E-state index in [0.717, 1.165) is 34.9 Å². The van der Waals surface area contributed by atoms with E-state index in [1.807, 2.05) is 36.5 Å². The van der Waals surface area contributed by atoms with Gasteiger partial charge in [-0.2, -0.15) is 0 Å². The minimum absolute atomic E-state index is 0.0192. The number of carbonyl (C=O) groups excluding carboxylic acids is 1. The molecule has 2 N–H and O–H groups in total. The van der Waals surface area contributed by atoms with E-state index in [2.05, 4.69) is 10.3 Å². The summed E-state index contributed by atoms with van der Waals surface area (Å²) in [5, 5.41) is 15.2. The second-order valence-electron chi connectivity index (χ2n) is 6.74. The van der Waals surface area contributed by atoms with Crippen LogP contribution in [0.4, 0.5) is 5.69 Å². The summed E-state index contributed by atoms with van der Waals surface area (Å²) in [5.41, 5.74) is 2.78. The van der Waals surface area contributed by atoms with Gasteiger partial charge in [-0.15, -0.1) is 0 Å². The Morgan fingerprint density at radius 1 is 1.23 bits per heavy atom. The lowest BCUT2D eigenvalue weighted by Crippen LogP contribution is -2.27. The molecular weight excluding hydrogens is 330 g/mol. The zero-order valence-corrected chi connectivity index (χ0v) is 14.1. The van der Waals surface area contributed by atoms with Gasteiger partial charge in [0, 0.05) is 47.6 Å². The highest BCUT2D eigenvalue weighted by atomic mass is 16.6. The zero-order valence-electron chi connectivity index (χ0n) is 14.1. The van der Waals surface area contributed by atoms with Gasteiger partial charge in [0.25, 0.3) is 5.69 Å². The topological polar surface area (TPSA) is 88.0 Å². The fourth-order valence-electron chi connectivity index (χ4n) is 3.34. The van der Waals surface area contributed by atoms with Crippen LogP contribution in [0.2, 0.25) is 0 Å². The fourth-order valence-corrected chi connectivity index (χ4v) is 3.34. The van der Waals surface area contributed by atoms with Crippen molar-refractivity contribution in [3.8, 4) is 0 Å². The van der Waals surface area contributed by atoms with Crippen LogP contribution >= 0.6 is 0 Å². The number of benzene rings is 2. The predicted octanol–water partition coefficient (Wildman–Crippen LogP) is 3.88. The number of hydrogen-bond donors (Lipinski definition) is 2. The number of carbonyl (C=O) groups is 1. The molecule has 0 saturated heterocycles. The van der Waals surface area contributed by atoms with Crippen molar-refractivity contribution in [2.45, 2.75) is 31.2 Å². The van der Waals surface area contributed by atoms with Crippen molar-refractivity contribution in [1.82, 2.24) is 10.3 Å². The van der Waals surface area contributed by atoms with Crippen LogP contribution in [0.5, 0.6) is 0 Å². The number of nitrogens with zero attached hydrogens (tertiary/aromatic N) is 1. The fraction of sp³-hybridized carbons (Fsp3) is 0.250. The normalized spacial score (nSPS) is 14.9. The first-order valence-corrected chi connectivity index (χ1v) is 8.71. The Bertz CT molecular complexity index is 975. The van der Waals surface area contributed by atoms with Crippen LogP contribution in [0.3, 0.4) is 0 Å². The SMILES string of the molecule is O=C(C[C@H](c1cccc([N+](=O)[O-])c1)c1c[nH]c2ccccc12)NC1CC1. The number of nitro benzene ring substituents is 1. The molecule has 1 aromatic heterocycles. The molecule has 0 radical (unpaired) electrons. The van der Waals surface area contributed by atoms with Crippen molar-refractivity contribution < 1.29 is 9.72 Å². The first-order chi connectivity index (χ1) is 12.6. The maximum Gasteiger partial charge on any atom is 0.269 e. The van der Waals surface area contributed by atoms with Crippen molar-refractivity contribution >= 4 is 22.5 Å². The number of fused-ring (bicyclic) bond motifs is 1. The molecule has 0 bridgehead atoms. The van der Waals surface area contributed by atoms with Gasteiger partial charge in [0.05, 0.1) is 4.92 Å². The minimum Gasteiger partial charge on any atom is -0.361 e. The summed E-state index contributed by atoms with van der Waals surface area (Å²) < 4.78 is 0. The second-order valence-corrected chi connectivity index (χ2v) is 6.74. The van der Waals surface area contributed by atoms with Gasteiger partial charge < -0.3 is 10.3 Å². The summed E-state index contributed by atoms with van der Waals surface area (Å²) in [7, 11) is 0. The summed E-state index contributed by atoms with van der Waals surface area (Å²) in [5.74, 6) is -0.265. The van der Waals surface area contributed by atoms with Crippen molar-refractivity contribution in [3.63, 3.8) is 0 Å². The standard InChI is InChI=1S/C20H19N3O3/c24-20(22-14-8-9-14)11-17(13-4-3-5-15(10-13)23(25)26)18-12-21-19-7-2-1-6-16(18)19/h1-7,10,12,14,17,21H,8-9,11H2,(H,22,24)/t17-/m1/s1. The molecule has 1 aliphatic carbocycles. The first-order valence-electron chi connectivity index (χ1n) is 8.71. The largest absolute Gasteiger partial charge is 0.361 e. The molecule has 1 heterocycles. The lowest BCUT2D eigenvalue weighted by Gasteiger charge is -2.17. The van der Waals surface area contributed by atoms with E-state index in [-0.39, 0.29) is 30.0 Å². The number of rotatable bonds is 6. The predicted molar refractivity (Wildman–Crippen MR) is 99.0 cm³/mol. The average Bonchev–Trinajstić information content (AvgIpc) is 3.35. The molecule has 0 unspecified atom stereocenters. The third kappa shape index (κ3) is 3.31. The van der Waals surface area contributed by atoms with E-state index in [4.69, 9.17) is 0 Å². The molecule has 0 spiro atoms. The smallest absolute Gasteiger partial charge is 0.269 e. The number of amides is 1. The Labute approximate surface area is 150 Å². The number of para-hydroxylation sites is 1. The van der Waals surface area contributed by atoms with Gasteiger partial charge >= 0.3 is 0 Å². The monoisotopic (exact) mass is 349 g/mol. The van der Waals surface area contributed by atoms with Gasteiger partial charge in [-0.25, -0.2) is 0 Å². The number of aromatic nitrogens is 1. The van der Waals surface area contributed by atoms with E-state index < -0.39 is 4.92 Å². The van der Waals surface area contributed by atoms with Gasteiger partial charge in [-0.1, -0.05) is 30.3 Å². The van der Waals surface area contributed by atoms with E-state index in [0.29, 0.717) is 0 Å². The summed E-state index contributed by atoms with van der Waals surface area (Å²) >= 11 is 0. The molecule has 1 aliphatic rings. The number of nitrogens with one attached hydrogen (secondary N) is 2. The van der Waals surface area contributed by atoms with Gasteiger partial charge in [0.1, 0.15) is 0 Å². The van der Waals surface area contributed by atoms with Crippen LogP contribution in [0.1, 0.15) is 36.3 Å². The van der Waals surface area contributed by atoms with E-state index in [1.165, 1.54) is 6.07 Å². The lowest BCUT2D eigenvalue weighted by atomic mass is 9.87. The van der Waals surface area contributed by atoms with E-state index in [1.54, 1.807) is 12.1 Å². The summed E-state index contributed by atoms with van der Waals surface area (Å²) in [6.45, 7) is 0. The maximum absolute atomic E-state index is 12.5. The number of non-ortho nitro benzene ring substituents is 1. The van der Waals surface area contributed by atoms with E-state index >= 15 is 0 Å². The number of nitro groups is 1. The van der Waals surface area contributed by atoms with Crippen LogP contribution in [0.15, 0.2) is 54.7 Å². The van der Waals surface area contributed by atoms with Crippen LogP contribution in [0, 0.1) is 10.1 Å². The molecule has 1 amide bonds. The van der Waals surface area contributed by atoms with Crippen molar-refractivity contribution in [2.75, 3.05) is 0 Å². The summed E-state index contributed by atoms with van der Waals surface area (Å²) in [4.78, 5) is 26.5. The average molecular weight is 349 g/mol. The number of hydrogen-bond acceptors (Lipinski definition) is 3. The second kappa shape index (κ2) is 6.63. The quantitative estimate of drug-likeness (QED) is 0.523. The van der Waals surface area contributed by atoms with E-state index in [9.17, 15) is 14.9 Å². The molecule has 2 aromatic carbocycles. The van der Waals surface area contributed by atoms with Gasteiger partial charge in [-0.05, 0) is 30.0 Å². The summed E-state index contributed by atoms with van der Waals surface area (Å²) in [6, 6.07) is 14.7. The molecule has 1 fully saturated rings. The molecular formula is C20H19N3O3. The molecule has 132 valence electrons. The molecule has 26 heavy (non-hydrogen) atoms. The third-order valence-corrected chi connectivity index (χ3v) is 4.81. The van der Waals surface area contributed by atoms with Crippen LogP contribution in [-0.2, 0) is 4.79 Å². The van der Waals surface area contributed by atoms with Crippen molar-refractivity contribution in [1.29, 1.82) is 0 Å². The van der Waals surface area contributed by atoms with Crippen molar-refractivity contribution in [3.05, 3.63) is 76.0 Å². The highest BCUT2D eigenvalue weighted by molar-refractivity contribution is 5.86. The van der Waals surface area contributed by atoms with Gasteiger partial charge in [-0.3, -0.25) is 14.9 Å². The molecule has 4 rings (SSSR count). The van der Waals surface area contributed by atoms with Gasteiger partial charge in [0.2, 0.25) is 5.91 Å². The molecule has 1 saturated carbocycles. The highest BCUT2D eigenvalue weighted by Gasteiger charge is 2.27. The Hall–Kier alpha value is -3.15. The Morgan fingerprint density at radius 3 is 2.81 bits per heavy atom. The summed E-state index contributed by atoms with van der Waals surface area (Å²) in [6.07, 6.45) is 4.22.